The second kappa shape index (κ2) is 9.70. The Kier molecular flexibility index (Phi) is 7.33. The Balaban J connectivity index is 2.03. The van der Waals surface area contributed by atoms with Gasteiger partial charge in [0.15, 0.2) is 11.5 Å². The number of ether oxygens (including phenoxy) is 2. The second-order valence-electron chi connectivity index (χ2n) is 5.89. The molecule has 0 aromatic heterocycles. The molecule has 0 spiro atoms. The molecular weight excluding hydrogens is 328 g/mol. The van der Waals surface area contributed by atoms with Crippen LogP contribution in [0.3, 0.4) is 0 Å². The van der Waals surface area contributed by atoms with Gasteiger partial charge in [-0.3, -0.25) is 4.79 Å². The standard InChI is InChI=1S/C21H28N2O3/c1-5-16-10-8-9-15(4)21(16)22-14-20(24)23-17-11-12-18(25-6-2)19(13-17)26-7-3/h8-13,22H,5-7,14H2,1-4H3,(H,23,24). The molecule has 0 saturated heterocycles. The molecule has 0 bridgehead atoms. The van der Waals surface area contributed by atoms with Gasteiger partial charge in [-0.25, -0.2) is 0 Å². The second-order valence-corrected chi connectivity index (χ2v) is 5.89. The third kappa shape index (κ3) is 5.15. The summed E-state index contributed by atoms with van der Waals surface area (Å²) in [6.07, 6.45) is 0.919. The fourth-order valence-electron chi connectivity index (χ4n) is 2.78. The van der Waals surface area contributed by atoms with Gasteiger partial charge >= 0.3 is 0 Å². The fraction of sp³-hybridized carbons (Fsp3) is 0.381. The smallest absolute Gasteiger partial charge is 0.243 e. The van der Waals surface area contributed by atoms with E-state index in [1.54, 1.807) is 6.07 Å². The van der Waals surface area contributed by atoms with Crippen molar-refractivity contribution in [2.24, 2.45) is 0 Å². The Morgan fingerprint density at radius 2 is 1.73 bits per heavy atom. The number of carbonyl (C=O) groups excluding carboxylic acids is 1. The number of benzene rings is 2. The average molecular weight is 356 g/mol. The molecule has 0 aliphatic rings. The lowest BCUT2D eigenvalue weighted by Gasteiger charge is -2.15. The van der Waals surface area contributed by atoms with Crippen molar-refractivity contribution in [3.8, 4) is 11.5 Å². The van der Waals surface area contributed by atoms with Crippen LogP contribution in [-0.2, 0) is 11.2 Å². The van der Waals surface area contributed by atoms with Crippen LogP contribution in [0.1, 0.15) is 31.9 Å². The Hall–Kier alpha value is -2.69. The largest absolute Gasteiger partial charge is 0.490 e. The fourth-order valence-corrected chi connectivity index (χ4v) is 2.78. The van der Waals surface area contributed by atoms with E-state index in [1.165, 1.54) is 5.56 Å². The molecule has 5 heteroatoms. The summed E-state index contributed by atoms with van der Waals surface area (Å²) in [6, 6.07) is 11.6. The van der Waals surface area contributed by atoms with E-state index in [1.807, 2.05) is 45.0 Å². The van der Waals surface area contributed by atoms with Gasteiger partial charge in [0.05, 0.1) is 19.8 Å². The van der Waals surface area contributed by atoms with E-state index in [-0.39, 0.29) is 12.5 Å². The number of hydrogen-bond acceptors (Lipinski definition) is 4. The Morgan fingerprint density at radius 3 is 2.42 bits per heavy atom. The van der Waals surface area contributed by atoms with E-state index in [9.17, 15) is 4.79 Å². The van der Waals surface area contributed by atoms with E-state index < -0.39 is 0 Å². The van der Waals surface area contributed by atoms with Gasteiger partial charge in [0.1, 0.15) is 0 Å². The number of hydrogen-bond donors (Lipinski definition) is 2. The summed E-state index contributed by atoms with van der Waals surface area (Å²) >= 11 is 0. The molecule has 0 radical (unpaired) electrons. The first-order chi connectivity index (χ1) is 12.6. The first-order valence-corrected chi connectivity index (χ1v) is 9.10. The predicted octanol–water partition coefficient (Wildman–Crippen LogP) is 4.41. The molecule has 2 rings (SSSR count). The summed E-state index contributed by atoms with van der Waals surface area (Å²) in [6.45, 7) is 9.29. The minimum absolute atomic E-state index is 0.109. The lowest BCUT2D eigenvalue weighted by atomic mass is 10.1. The van der Waals surface area contributed by atoms with Crippen LogP contribution in [0.15, 0.2) is 36.4 Å². The monoisotopic (exact) mass is 356 g/mol. The molecule has 0 fully saturated rings. The zero-order valence-corrected chi connectivity index (χ0v) is 16.0. The number of carbonyl (C=O) groups is 1. The molecule has 0 saturated carbocycles. The number of para-hydroxylation sites is 1. The Bertz CT molecular complexity index is 744. The number of amides is 1. The zero-order valence-electron chi connectivity index (χ0n) is 16.0. The van der Waals surface area contributed by atoms with E-state index in [0.717, 1.165) is 17.7 Å². The molecule has 1 amide bonds. The molecule has 2 N–H and O–H groups in total. The SMILES string of the molecule is CCOc1ccc(NC(=O)CNc2c(C)cccc2CC)cc1OCC. The minimum atomic E-state index is -0.109. The van der Waals surface area contributed by atoms with E-state index in [0.29, 0.717) is 30.4 Å². The summed E-state index contributed by atoms with van der Waals surface area (Å²) in [5.41, 5.74) is 4.06. The highest BCUT2D eigenvalue weighted by Gasteiger charge is 2.10. The Morgan fingerprint density at radius 1 is 1.00 bits per heavy atom. The molecule has 0 atom stereocenters. The topological polar surface area (TPSA) is 59.6 Å². The summed E-state index contributed by atoms with van der Waals surface area (Å²) in [4.78, 5) is 12.3. The molecule has 0 aliphatic carbocycles. The molecule has 0 heterocycles. The van der Waals surface area contributed by atoms with Crippen LogP contribution in [0.4, 0.5) is 11.4 Å². The predicted molar refractivity (Wildman–Crippen MR) is 106 cm³/mol. The van der Waals surface area contributed by atoms with Gasteiger partial charge in [-0.1, -0.05) is 25.1 Å². The number of nitrogens with one attached hydrogen (secondary N) is 2. The summed E-state index contributed by atoms with van der Waals surface area (Å²) in [5.74, 6) is 1.20. The summed E-state index contributed by atoms with van der Waals surface area (Å²) in [7, 11) is 0. The van der Waals surface area contributed by atoms with Crippen molar-refractivity contribution in [1.29, 1.82) is 0 Å². The van der Waals surface area contributed by atoms with Crippen molar-refractivity contribution in [2.45, 2.75) is 34.1 Å². The normalized spacial score (nSPS) is 10.3. The molecular formula is C21H28N2O3. The lowest BCUT2D eigenvalue weighted by molar-refractivity contribution is -0.114. The van der Waals surface area contributed by atoms with Gasteiger partial charge in [0, 0.05) is 17.4 Å². The first kappa shape index (κ1) is 19.6. The van der Waals surface area contributed by atoms with Crippen molar-refractivity contribution in [3.63, 3.8) is 0 Å². The summed E-state index contributed by atoms with van der Waals surface area (Å²) < 4.78 is 11.1. The van der Waals surface area contributed by atoms with Crippen molar-refractivity contribution < 1.29 is 14.3 Å². The van der Waals surface area contributed by atoms with Gasteiger partial charge < -0.3 is 20.1 Å². The number of anilines is 2. The maximum atomic E-state index is 12.3. The van der Waals surface area contributed by atoms with Gasteiger partial charge in [-0.2, -0.15) is 0 Å². The lowest BCUT2D eigenvalue weighted by Crippen LogP contribution is -2.22. The number of aryl methyl sites for hydroxylation is 2. The Labute approximate surface area is 155 Å². The zero-order chi connectivity index (χ0) is 18.9. The van der Waals surface area contributed by atoms with E-state index >= 15 is 0 Å². The quantitative estimate of drug-likeness (QED) is 0.699. The van der Waals surface area contributed by atoms with E-state index in [2.05, 4.69) is 23.6 Å². The van der Waals surface area contributed by atoms with Crippen LogP contribution < -0.4 is 20.1 Å². The highest BCUT2D eigenvalue weighted by atomic mass is 16.5. The third-order valence-corrected chi connectivity index (χ3v) is 3.99. The van der Waals surface area contributed by atoms with Crippen LogP contribution in [-0.4, -0.2) is 25.7 Å². The average Bonchev–Trinajstić information content (AvgIpc) is 2.63. The van der Waals surface area contributed by atoms with Crippen molar-refractivity contribution in [1.82, 2.24) is 0 Å². The van der Waals surface area contributed by atoms with Gasteiger partial charge in [-0.05, 0) is 50.5 Å². The van der Waals surface area contributed by atoms with Crippen molar-refractivity contribution in [3.05, 3.63) is 47.5 Å². The van der Waals surface area contributed by atoms with Crippen molar-refractivity contribution in [2.75, 3.05) is 30.4 Å². The van der Waals surface area contributed by atoms with Gasteiger partial charge in [0.2, 0.25) is 5.91 Å². The van der Waals surface area contributed by atoms with Crippen LogP contribution in [0, 0.1) is 6.92 Å². The van der Waals surface area contributed by atoms with Crippen LogP contribution >= 0.6 is 0 Å². The molecule has 26 heavy (non-hydrogen) atoms. The highest BCUT2D eigenvalue weighted by Crippen LogP contribution is 2.30. The maximum absolute atomic E-state index is 12.3. The van der Waals surface area contributed by atoms with Gasteiger partial charge in [0.25, 0.3) is 0 Å². The van der Waals surface area contributed by atoms with E-state index in [4.69, 9.17) is 9.47 Å². The van der Waals surface area contributed by atoms with Crippen LogP contribution in [0.5, 0.6) is 11.5 Å². The first-order valence-electron chi connectivity index (χ1n) is 9.10. The highest BCUT2D eigenvalue weighted by molar-refractivity contribution is 5.94. The van der Waals surface area contributed by atoms with Gasteiger partial charge in [-0.15, -0.1) is 0 Å². The molecule has 2 aromatic rings. The molecule has 0 aliphatic heterocycles. The molecule has 5 nitrogen and oxygen atoms in total. The summed E-state index contributed by atoms with van der Waals surface area (Å²) in [5, 5.41) is 6.16. The number of rotatable bonds is 9. The maximum Gasteiger partial charge on any atom is 0.243 e. The van der Waals surface area contributed by atoms with Crippen LogP contribution in [0.25, 0.3) is 0 Å². The molecule has 2 aromatic carbocycles. The van der Waals surface area contributed by atoms with Crippen molar-refractivity contribution >= 4 is 17.3 Å². The molecule has 140 valence electrons. The minimum Gasteiger partial charge on any atom is -0.490 e. The third-order valence-electron chi connectivity index (χ3n) is 3.99. The molecule has 0 unspecified atom stereocenters. The van der Waals surface area contributed by atoms with Crippen LogP contribution in [0.2, 0.25) is 0 Å².